The molecule has 0 aromatic carbocycles. The van der Waals surface area contributed by atoms with Gasteiger partial charge in [-0.3, -0.25) is 4.79 Å². The summed E-state index contributed by atoms with van der Waals surface area (Å²) < 4.78 is 5.27. The van der Waals surface area contributed by atoms with Crippen LogP contribution < -0.4 is 5.32 Å². The highest BCUT2D eigenvalue weighted by Gasteiger charge is 2.37. The molecule has 0 aromatic rings. The summed E-state index contributed by atoms with van der Waals surface area (Å²) in [5, 5.41) is 3.34. The van der Waals surface area contributed by atoms with Gasteiger partial charge in [-0.2, -0.15) is 0 Å². The van der Waals surface area contributed by atoms with Crippen molar-refractivity contribution in [3.05, 3.63) is 0 Å². The molecule has 0 bridgehead atoms. The summed E-state index contributed by atoms with van der Waals surface area (Å²) >= 11 is 0. The highest BCUT2D eigenvalue weighted by Crippen LogP contribution is 2.31. The van der Waals surface area contributed by atoms with Gasteiger partial charge in [-0.25, -0.2) is 0 Å². The maximum Gasteiger partial charge on any atom is 0.326 e. The number of rotatable bonds is 11. The molecule has 1 fully saturated rings. The van der Waals surface area contributed by atoms with Gasteiger partial charge in [0.1, 0.15) is 5.54 Å². The summed E-state index contributed by atoms with van der Waals surface area (Å²) in [6.07, 6.45) is 4.70. The smallest absolute Gasteiger partial charge is 0.326 e. The Kier molecular flexibility index (Phi) is 7.67. The Morgan fingerprint density at radius 1 is 1.38 bits per heavy atom. The Bertz CT molecular complexity index is 318. The summed E-state index contributed by atoms with van der Waals surface area (Å²) in [4.78, 5) is 14.9. The van der Waals surface area contributed by atoms with Crippen molar-refractivity contribution in [2.75, 3.05) is 26.2 Å². The first-order valence-electron chi connectivity index (χ1n) is 8.63. The maximum atomic E-state index is 12.3. The number of nitrogens with one attached hydrogen (secondary N) is 1. The zero-order valence-corrected chi connectivity index (χ0v) is 14.6. The third-order valence-corrected chi connectivity index (χ3v) is 4.32. The molecule has 0 saturated heterocycles. The number of ether oxygens (including phenoxy) is 1. The molecular weight excluding hydrogens is 264 g/mol. The van der Waals surface area contributed by atoms with E-state index in [2.05, 4.69) is 24.1 Å². The third kappa shape index (κ3) is 5.95. The van der Waals surface area contributed by atoms with E-state index in [0.717, 1.165) is 31.8 Å². The Morgan fingerprint density at radius 3 is 2.52 bits per heavy atom. The van der Waals surface area contributed by atoms with Gasteiger partial charge in [0, 0.05) is 12.6 Å². The topological polar surface area (TPSA) is 41.6 Å². The Labute approximate surface area is 130 Å². The molecule has 2 atom stereocenters. The van der Waals surface area contributed by atoms with E-state index < -0.39 is 5.54 Å². The van der Waals surface area contributed by atoms with Gasteiger partial charge in [0.05, 0.1) is 6.61 Å². The van der Waals surface area contributed by atoms with Gasteiger partial charge in [-0.05, 0) is 65.5 Å². The second-order valence-electron chi connectivity index (χ2n) is 6.57. The maximum absolute atomic E-state index is 12.3. The summed E-state index contributed by atoms with van der Waals surface area (Å²) in [5.74, 6) is 0.758. The van der Waals surface area contributed by atoms with Crippen LogP contribution in [0.5, 0.6) is 0 Å². The number of carbonyl (C=O) groups is 1. The lowest BCUT2D eigenvalue weighted by Gasteiger charge is -2.36. The van der Waals surface area contributed by atoms with E-state index in [1.165, 1.54) is 19.4 Å². The predicted molar refractivity (Wildman–Crippen MR) is 87.4 cm³/mol. The second kappa shape index (κ2) is 8.74. The molecule has 4 nitrogen and oxygen atoms in total. The highest BCUT2D eigenvalue weighted by molar-refractivity contribution is 5.80. The van der Waals surface area contributed by atoms with Crippen molar-refractivity contribution in [3.8, 4) is 0 Å². The molecule has 0 aliphatic heterocycles. The van der Waals surface area contributed by atoms with Gasteiger partial charge >= 0.3 is 5.97 Å². The lowest BCUT2D eigenvalue weighted by Crippen LogP contribution is -2.54. The number of nitrogens with zero attached hydrogens (tertiary/aromatic N) is 1. The minimum absolute atomic E-state index is 0.124. The first-order chi connectivity index (χ1) is 9.96. The van der Waals surface area contributed by atoms with Gasteiger partial charge < -0.3 is 15.0 Å². The fourth-order valence-electron chi connectivity index (χ4n) is 3.04. The quantitative estimate of drug-likeness (QED) is 0.596. The van der Waals surface area contributed by atoms with E-state index in [1.807, 2.05) is 20.8 Å². The van der Waals surface area contributed by atoms with Gasteiger partial charge in [-0.15, -0.1) is 0 Å². The Morgan fingerprint density at radius 2 is 2.05 bits per heavy atom. The van der Waals surface area contributed by atoms with E-state index in [9.17, 15) is 4.79 Å². The standard InChI is InChI=1S/C17H34N2O2/c1-6-11-19(13-15-9-10-15)14(4)12-17(5,18-7-2)16(20)21-8-3/h14-15,18H,6-13H2,1-5H3. The van der Waals surface area contributed by atoms with Crippen LogP contribution in [0.1, 0.15) is 60.3 Å². The summed E-state index contributed by atoms with van der Waals surface area (Å²) in [7, 11) is 0. The first-order valence-corrected chi connectivity index (χ1v) is 8.63. The van der Waals surface area contributed by atoms with Crippen LogP contribution in [0.4, 0.5) is 0 Å². The predicted octanol–water partition coefficient (Wildman–Crippen LogP) is 2.82. The van der Waals surface area contributed by atoms with Crippen LogP contribution in [-0.2, 0) is 9.53 Å². The van der Waals surface area contributed by atoms with Crippen LogP contribution in [0.3, 0.4) is 0 Å². The molecule has 2 unspecified atom stereocenters. The molecule has 4 heteroatoms. The fraction of sp³-hybridized carbons (Fsp3) is 0.941. The molecule has 0 spiro atoms. The molecule has 1 N–H and O–H groups in total. The van der Waals surface area contributed by atoms with Crippen LogP contribution in [0, 0.1) is 5.92 Å². The molecule has 0 radical (unpaired) electrons. The summed E-state index contributed by atoms with van der Waals surface area (Å²) in [6, 6.07) is 0.388. The highest BCUT2D eigenvalue weighted by atomic mass is 16.5. The molecule has 1 aliphatic carbocycles. The minimum atomic E-state index is -0.584. The molecular formula is C17H34N2O2. The van der Waals surface area contributed by atoms with Crippen LogP contribution in [-0.4, -0.2) is 48.7 Å². The lowest BCUT2D eigenvalue weighted by atomic mass is 9.92. The van der Waals surface area contributed by atoms with Crippen LogP contribution >= 0.6 is 0 Å². The number of hydrogen-bond donors (Lipinski definition) is 1. The van der Waals surface area contributed by atoms with E-state index in [-0.39, 0.29) is 5.97 Å². The normalized spacial score (nSPS) is 19.3. The number of likely N-dealkylation sites (N-methyl/N-ethyl adjacent to an activating group) is 1. The van der Waals surface area contributed by atoms with Crippen molar-refractivity contribution in [2.24, 2.45) is 5.92 Å². The van der Waals surface area contributed by atoms with Crippen molar-refractivity contribution in [1.29, 1.82) is 0 Å². The average molecular weight is 298 g/mol. The molecule has 124 valence electrons. The summed E-state index contributed by atoms with van der Waals surface area (Å²) in [5.41, 5.74) is -0.584. The zero-order chi connectivity index (χ0) is 15.9. The molecule has 0 amide bonds. The Balaban J connectivity index is 2.67. The number of esters is 1. The lowest BCUT2D eigenvalue weighted by molar-refractivity contribution is -0.151. The molecule has 1 rings (SSSR count). The summed E-state index contributed by atoms with van der Waals surface area (Å²) in [6.45, 7) is 13.9. The van der Waals surface area contributed by atoms with Crippen molar-refractivity contribution in [2.45, 2.75) is 71.9 Å². The molecule has 1 aliphatic rings. The van der Waals surface area contributed by atoms with E-state index in [0.29, 0.717) is 12.6 Å². The minimum Gasteiger partial charge on any atom is -0.465 e. The van der Waals surface area contributed by atoms with Gasteiger partial charge in [0.2, 0.25) is 0 Å². The van der Waals surface area contributed by atoms with Crippen molar-refractivity contribution >= 4 is 5.97 Å². The van der Waals surface area contributed by atoms with Gasteiger partial charge in [0.15, 0.2) is 0 Å². The van der Waals surface area contributed by atoms with Crippen molar-refractivity contribution < 1.29 is 9.53 Å². The van der Waals surface area contributed by atoms with Crippen LogP contribution in [0.15, 0.2) is 0 Å². The number of carbonyl (C=O) groups excluding carboxylic acids is 1. The van der Waals surface area contributed by atoms with Crippen molar-refractivity contribution in [3.63, 3.8) is 0 Å². The zero-order valence-electron chi connectivity index (χ0n) is 14.6. The second-order valence-corrected chi connectivity index (χ2v) is 6.57. The van der Waals surface area contributed by atoms with E-state index in [4.69, 9.17) is 4.74 Å². The third-order valence-electron chi connectivity index (χ3n) is 4.32. The molecule has 1 saturated carbocycles. The molecule has 0 aromatic heterocycles. The monoisotopic (exact) mass is 298 g/mol. The van der Waals surface area contributed by atoms with Crippen LogP contribution in [0.2, 0.25) is 0 Å². The molecule has 0 heterocycles. The van der Waals surface area contributed by atoms with Gasteiger partial charge in [-0.1, -0.05) is 13.8 Å². The van der Waals surface area contributed by atoms with Crippen LogP contribution in [0.25, 0.3) is 0 Å². The average Bonchev–Trinajstić information content (AvgIpc) is 3.22. The Hall–Kier alpha value is -0.610. The first kappa shape index (κ1) is 18.4. The molecule has 21 heavy (non-hydrogen) atoms. The van der Waals surface area contributed by atoms with E-state index >= 15 is 0 Å². The SMILES string of the molecule is CCCN(CC1CC1)C(C)CC(C)(NCC)C(=O)OCC. The fourth-order valence-corrected chi connectivity index (χ4v) is 3.04. The van der Waals surface area contributed by atoms with Crippen molar-refractivity contribution in [1.82, 2.24) is 10.2 Å². The largest absolute Gasteiger partial charge is 0.465 e. The van der Waals surface area contributed by atoms with E-state index in [1.54, 1.807) is 0 Å². The van der Waals surface area contributed by atoms with Gasteiger partial charge in [0.25, 0.3) is 0 Å². The number of hydrogen-bond acceptors (Lipinski definition) is 4.